The molecule has 0 spiro atoms. The molecule has 0 bridgehead atoms. The number of carbonyl (C=O) groups is 1. The van der Waals surface area contributed by atoms with Crippen LogP contribution in [0.25, 0.3) is 16.9 Å². The smallest absolute Gasteiger partial charge is 0.220 e. The van der Waals surface area contributed by atoms with E-state index in [1.54, 1.807) is 4.52 Å². The molecule has 158 valence electrons. The van der Waals surface area contributed by atoms with Crippen LogP contribution in [0.2, 0.25) is 0 Å². The van der Waals surface area contributed by atoms with Crippen molar-refractivity contribution in [2.45, 2.75) is 33.2 Å². The summed E-state index contributed by atoms with van der Waals surface area (Å²) in [5, 5.41) is 16.0. The van der Waals surface area contributed by atoms with E-state index in [9.17, 15) is 4.79 Å². The number of rotatable bonds is 8. The Morgan fingerprint density at radius 1 is 1.03 bits per heavy atom. The second-order valence-corrected chi connectivity index (χ2v) is 7.29. The van der Waals surface area contributed by atoms with Crippen molar-refractivity contribution in [2.24, 2.45) is 0 Å². The molecule has 2 aromatic carbocycles. The van der Waals surface area contributed by atoms with Gasteiger partial charge in [-0.25, -0.2) is 0 Å². The van der Waals surface area contributed by atoms with E-state index in [1.165, 1.54) is 5.56 Å². The van der Waals surface area contributed by atoms with Crippen molar-refractivity contribution < 1.29 is 9.53 Å². The number of benzene rings is 2. The Hall–Kier alpha value is -3.74. The number of para-hydroxylation sites is 1. The van der Waals surface area contributed by atoms with Crippen LogP contribution in [-0.4, -0.2) is 32.3 Å². The van der Waals surface area contributed by atoms with Crippen LogP contribution in [0.1, 0.15) is 30.3 Å². The van der Waals surface area contributed by atoms with Crippen LogP contribution >= 0.6 is 0 Å². The zero-order chi connectivity index (χ0) is 21.6. The number of aromatic nitrogens is 4. The van der Waals surface area contributed by atoms with Crippen molar-refractivity contribution in [3.63, 3.8) is 0 Å². The van der Waals surface area contributed by atoms with Crippen molar-refractivity contribution in [3.8, 4) is 17.0 Å². The monoisotopic (exact) mass is 415 g/mol. The Morgan fingerprint density at radius 2 is 1.84 bits per heavy atom. The largest absolute Gasteiger partial charge is 0.494 e. The van der Waals surface area contributed by atoms with Crippen LogP contribution in [0.15, 0.2) is 60.7 Å². The van der Waals surface area contributed by atoms with Crippen LogP contribution in [-0.2, 0) is 17.8 Å². The quantitative estimate of drug-likeness (QED) is 0.474. The number of nitrogens with zero attached hydrogens (tertiary/aromatic N) is 4. The summed E-state index contributed by atoms with van der Waals surface area (Å²) in [6.45, 7) is 5.00. The number of ether oxygens (including phenoxy) is 1. The average Bonchev–Trinajstić information content (AvgIpc) is 3.20. The fourth-order valence-corrected chi connectivity index (χ4v) is 3.32. The van der Waals surface area contributed by atoms with Gasteiger partial charge in [-0.1, -0.05) is 48.0 Å². The summed E-state index contributed by atoms with van der Waals surface area (Å²) in [7, 11) is 0. The maximum Gasteiger partial charge on any atom is 0.220 e. The molecule has 0 atom stereocenters. The Morgan fingerprint density at radius 3 is 2.65 bits per heavy atom. The fraction of sp³-hybridized carbons (Fsp3) is 0.250. The lowest BCUT2D eigenvalue weighted by molar-refractivity contribution is -0.121. The van der Waals surface area contributed by atoms with Crippen molar-refractivity contribution in [1.82, 2.24) is 25.1 Å². The third kappa shape index (κ3) is 4.88. The number of amides is 1. The molecule has 0 fully saturated rings. The van der Waals surface area contributed by atoms with Gasteiger partial charge in [-0.2, -0.15) is 9.61 Å². The van der Waals surface area contributed by atoms with Gasteiger partial charge in [0.25, 0.3) is 0 Å². The summed E-state index contributed by atoms with van der Waals surface area (Å²) in [4.78, 5) is 12.4. The maximum atomic E-state index is 12.4. The summed E-state index contributed by atoms with van der Waals surface area (Å²) in [6, 6.07) is 19.7. The normalized spacial score (nSPS) is 10.9. The summed E-state index contributed by atoms with van der Waals surface area (Å²) < 4.78 is 7.32. The maximum absolute atomic E-state index is 12.4. The zero-order valence-electron chi connectivity index (χ0n) is 17.7. The molecule has 31 heavy (non-hydrogen) atoms. The molecule has 0 aliphatic carbocycles. The highest BCUT2D eigenvalue weighted by atomic mass is 16.5. The Kier molecular flexibility index (Phi) is 6.21. The molecule has 4 aromatic rings. The van der Waals surface area contributed by atoms with Gasteiger partial charge in [0.1, 0.15) is 5.75 Å². The lowest BCUT2D eigenvalue weighted by atomic mass is 10.1. The number of nitrogens with one attached hydrogen (secondary N) is 1. The summed E-state index contributed by atoms with van der Waals surface area (Å²) in [5.74, 6) is 1.40. The molecule has 2 heterocycles. The Bertz CT molecular complexity index is 1180. The highest BCUT2D eigenvalue weighted by molar-refractivity contribution is 5.76. The number of hydrogen-bond acceptors (Lipinski definition) is 5. The van der Waals surface area contributed by atoms with Gasteiger partial charge in [0.05, 0.1) is 12.3 Å². The number of carbonyl (C=O) groups excluding carboxylic acids is 1. The van der Waals surface area contributed by atoms with Gasteiger partial charge in [0, 0.05) is 30.5 Å². The Labute approximate surface area is 181 Å². The minimum absolute atomic E-state index is 0.0576. The third-order valence-electron chi connectivity index (χ3n) is 5.00. The molecule has 4 rings (SSSR count). The molecule has 0 saturated heterocycles. The predicted molar refractivity (Wildman–Crippen MR) is 119 cm³/mol. The molecule has 2 aromatic heterocycles. The topological polar surface area (TPSA) is 81.4 Å². The van der Waals surface area contributed by atoms with Gasteiger partial charge < -0.3 is 10.1 Å². The molecule has 7 heteroatoms. The van der Waals surface area contributed by atoms with Crippen LogP contribution in [0.5, 0.6) is 5.75 Å². The summed E-state index contributed by atoms with van der Waals surface area (Å²) in [5.41, 5.74) is 4.68. The Balaban J connectivity index is 1.41. The van der Waals surface area contributed by atoms with Crippen molar-refractivity contribution in [2.75, 3.05) is 6.61 Å². The molecule has 0 saturated carbocycles. The molecule has 7 nitrogen and oxygen atoms in total. The zero-order valence-corrected chi connectivity index (χ0v) is 17.7. The van der Waals surface area contributed by atoms with Gasteiger partial charge in [-0.15, -0.1) is 10.2 Å². The lowest BCUT2D eigenvalue weighted by Gasteiger charge is -2.10. The molecule has 1 N–H and O–H groups in total. The van der Waals surface area contributed by atoms with E-state index in [4.69, 9.17) is 4.74 Å². The molecule has 0 aliphatic rings. The lowest BCUT2D eigenvalue weighted by Crippen LogP contribution is -2.23. The van der Waals surface area contributed by atoms with Gasteiger partial charge in [0.15, 0.2) is 11.5 Å². The van der Waals surface area contributed by atoms with E-state index in [1.807, 2.05) is 55.5 Å². The van der Waals surface area contributed by atoms with E-state index >= 15 is 0 Å². The predicted octanol–water partition coefficient (Wildman–Crippen LogP) is 3.75. The first-order chi connectivity index (χ1) is 15.1. The second kappa shape index (κ2) is 9.38. The number of aryl methyl sites for hydroxylation is 2. The highest BCUT2D eigenvalue weighted by Gasteiger charge is 2.12. The highest BCUT2D eigenvalue weighted by Crippen LogP contribution is 2.19. The third-order valence-corrected chi connectivity index (χ3v) is 5.00. The van der Waals surface area contributed by atoms with Crippen molar-refractivity contribution in [1.29, 1.82) is 0 Å². The van der Waals surface area contributed by atoms with Gasteiger partial charge in [-0.3, -0.25) is 4.79 Å². The van der Waals surface area contributed by atoms with E-state index in [0.717, 1.165) is 22.6 Å². The summed E-state index contributed by atoms with van der Waals surface area (Å²) in [6.07, 6.45) is 0.749. The van der Waals surface area contributed by atoms with Gasteiger partial charge >= 0.3 is 0 Å². The SMILES string of the molecule is CCOc1ccccc1CNC(=O)CCc1nnc2ccc(-c3ccc(C)cc3)nn12. The van der Waals surface area contributed by atoms with E-state index < -0.39 is 0 Å². The average molecular weight is 415 g/mol. The minimum Gasteiger partial charge on any atom is -0.494 e. The molecular weight excluding hydrogens is 390 g/mol. The molecule has 0 radical (unpaired) electrons. The minimum atomic E-state index is -0.0576. The summed E-state index contributed by atoms with van der Waals surface area (Å²) >= 11 is 0. The molecular formula is C24H25N5O2. The van der Waals surface area contributed by atoms with Crippen LogP contribution in [0.3, 0.4) is 0 Å². The van der Waals surface area contributed by atoms with Crippen LogP contribution in [0, 0.1) is 6.92 Å². The van der Waals surface area contributed by atoms with E-state index in [-0.39, 0.29) is 5.91 Å². The van der Waals surface area contributed by atoms with E-state index in [0.29, 0.717) is 37.5 Å². The number of fused-ring (bicyclic) bond motifs is 1. The second-order valence-electron chi connectivity index (χ2n) is 7.29. The van der Waals surface area contributed by atoms with Gasteiger partial charge in [0.2, 0.25) is 5.91 Å². The van der Waals surface area contributed by atoms with Gasteiger partial charge in [-0.05, 0) is 32.0 Å². The molecule has 0 unspecified atom stereocenters. The van der Waals surface area contributed by atoms with Crippen molar-refractivity contribution >= 4 is 11.6 Å². The van der Waals surface area contributed by atoms with Crippen LogP contribution in [0.4, 0.5) is 0 Å². The van der Waals surface area contributed by atoms with Crippen molar-refractivity contribution in [3.05, 3.63) is 77.6 Å². The first-order valence-electron chi connectivity index (χ1n) is 10.4. The standard InChI is InChI=1S/C24H25N5O2/c1-3-31-21-7-5-4-6-19(21)16-25-24(30)15-14-23-27-26-22-13-12-20(28-29(22)23)18-10-8-17(2)9-11-18/h4-13H,3,14-16H2,1-2H3,(H,25,30). The molecule has 0 aliphatic heterocycles. The first-order valence-corrected chi connectivity index (χ1v) is 10.4. The number of hydrogen-bond donors (Lipinski definition) is 1. The first kappa shape index (κ1) is 20.5. The van der Waals surface area contributed by atoms with E-state index in [2.05, 4.69) is 39.7 Å². The fourth-order valence-electron chi connectivity index (χ4n) is 3.32. The molecule has 1 amide bonds. The van der Waals surface area contributed by atoms with Crippen LogP contribution < -0.4 is 10.1 Å².